The zero-order valence-corrected chi connectivity index (χ0v) is 17.9. The van der Waals surface area contributed by atoms with Gasteiger partial charge < -0.3 is 31.9 Å². The molecule has 0 atom stereocenters. The van der Waals surface area contributed by atoms with Crippen molar-refractivity contribution in [2.24, 2.45) is 31.7 Å². The molecule has 0 fully saturated rings. The molecule has 0 saturated heterocycles. The van der Waals surface area contributed by atoms with E-state index >= 15 is 0 Å². The number of aliphatic hydroxyl groups is 2. The number of hydrogen-bond donors (Lipinski definition) is 6. The quantitative estimate of drug-likeness (QED) is 0.121. The van der Waals surface area contributed by atoms with Crippen LogP contribution in [0.3, 0.4) is 0 Å². The highest BCUT2D eigenvalue weighted by molar-refractivity contribution is 5.90. The van der Waals surface area contributed by atoms with E-state index in [0.29, 0.717) is 0 Å². The normalized spacial score (nSPS) is 12.2. The predicted molar refractivity (Wildman–Crippen MR) is 116 cm³/mol. The van der Waals surface area contributed by atoms with Gasteiger partial charge in [-0.25, -0.2) is 9.59 Å². The van der Waals surface area contributed by atoms with Gasteiger partial charge in [-0.15, -0.1) is 0 Å². The summed E-state index contributed by atoms with van der Waals surface area (Å²) in [4.78, 5) is 26.5. The van der Waals surface area contributed by atoms with Crippen LogP contribution in [0.1, 0.15) is 27.7 Å². The maximum atomic E-state index is 9.25. The monoisotopic (exact) mass is 430 g/mol. The molecule has 0 aliphatic heterocycles. The van der Waals surface area contributed by atoms with Crippen LogP contribution >= 0.6 is 0 Å². The fourth-order valence-corrected chi connectivity index (χ4v) is 1.08. The summed E-state index contributed by atoms with van der Waals surface area (Å²) in [5.74, 6) is -1.39. The van der Waals surface area contributed by atoms with E-state index in [4.69, 9.17) is 31.9 Å². The van der Waals surface area contributed by atoms with Gasteiger partial charge in [0.2, 0.25) is 0 Å². The Labute approximate surface area is 176 Å². The van der Waals surface area contributed by atoms with Gasteiger partial charge in [0.1, 0.15) is 22.7 Å². The number of aliphatic hydroxyl groups excluding tert-OH is 2. The largest absolute Gasteiger partial charge is 0.478 e. The highest BCUT2D eigenvalue weighted by Gasteiger charge is 2.27. The molecule has 0 radical (unpaired) electrons. The maximum Gasteiger partial charge on any atom is 0.327 e. The van der Waals surface area contributed by atoms with Gasteiger partial charge in [-0.3, -0.25) is 9.98 Å². The molecule has 0 unspecified atom stereocenters. The minimum absolute atomic E-state index is 0.0693. The van der Waals surface area contributed by atoms with Gasteiger partial charge in [0, 0.05) is 12.2 Å². The second-order valence-electron chi connectivity index (χ2n) is 6.38. The van der Waals surface area contributed by atoms with E-state index in [-0.39, 0.29) is 38.0 Å². The Morgan fingerprint density at radius 2 is 1.03 bits per heavy atom. The Morgan fingerprint density at radius 3 is 1.20 bits per heavy atom. The van der Waals surface area contributed by atoms with Gasteiger partial charge >= 0.3 is 11.9 Å². The molecule has 0 rings (SSSR count). The second-order valence-corrected chi connectivity index (χ2v) is 6.38. The molecule has 0 aromatic heterocycles. The number of nitrogens with zero attached hydrogens (tertiary/aromatic N) is 4. The molecule has 0 aromatic rings. The third kappa shape index (κ3) is 18.3. The van der Waals surface area contributed by atoms with Crippen LogP contribution in [-0.2, 0) is 9.59 Å². The number of nitrogens with two attached hydrogens (primary N) is 2. The third-order valence-corrected chi connectivity index (χ3v) is 2.92. The van der Waals surface area contributed by atoms with E-state index in [1.54, 1.807) is 27.7 Å². The van der Waals surface area contributed by atoms with Crippen LogP contribution in [0.5, 0.6) is 0 Å². The lowest BCUT2D eigenvalue weighted by molar-refractivity contribution is -0.132. The number of amidine groups is 2. The molecule has 0 aliphatic rings. The summed E-state index contributed by atoms with van der Waals surface area (Å²) in [5, 5.41) is 41.0. The van der Waals surface area contributed by atoms with E-state index in [1.165, 1.54) is 0 Å². The molecule has 0 spiro atoms. The van der Waals surface area contributed by atoms with Crippen molar-refractivity contribution in [3.05, 3.63) is 25.3 Å². The molecule has 12 heteroatoms. The molecule has 0 bridgehead atoms. The van der Waals surface area contributed by atoms with Gasteiger partial charge in [-0.2, -0.15) is 10.2 Å². The number of carboxylic acids is 2. The van der Waals surface area contributed by atoms with Crippen molar-refractivity contribution in [3.8, 4) is 0 Å². The number of rotatable bonds is 10. The second kappa shape index (κ2) is 16.8. The molecule has 172 valence electrons. The van der Waals surface area contributed by atoms with Crippen molar-refractivity contribution < 1.29 is 30.0 Å². The minimum atomic E-state index is -0.981. The Bertz CT molecular complexity index is 587. The number of aliphatic carboxylic acids is 2. The average molecular weight is 431 g/mol. The van der Waals surface area contributed by atoms with Crippen molar-refractivity contribution in [3.63, 3.8) is 0 Å². The van der Waals surface area contributed by atoms with Crippen molar-refractivity contribution in [1.82, 2.24) is 0 Å². The SMILES string of the molecule is C=CC(=O)O.C=CC(=O)O.CC(C)(N=NC(C)(C)C(N)=NCCO)C(N)=NCCO. The highest BCUT2D eigenvalue weighted by Crippen LogP contribution is 2.16. The van der Waals surface area contributed by atoms with Gasteiger partial charge in [0.05, 0.1) is 26.3 Å². The Balaban J connectivity index is -0.000000599. The lowest BCUT2D eigenvalue weighted by atomic mass is 10.0. The van der Waals surface area contributed by atoms with E-state index in [1.807, 2.05) is 0 Å². The van der Waals surface area contributed by atoms with Crippen molar-refractivity contribution >= 4 is 23.6 Å². The lowest BCUT2D eigenvalue weighted by Crippen LogP contribution is -2.40. The first kappa shape index (κ1) is 31.6. The van der Waals surface area contributed by atoms with Crippen LogP contribution < -0.4 is 11.5 Å². The zero-order chi connectivity index (χ0) is 24.4. The zero-order valence-electron chi connectivity index (χ0n) is 17.9. The van der Waals surface area contributed by atoms with Crippen LogP contribution in [0, 0.1) is 0 Å². The van der Waals surface area contributed by atoms with Crippen LogP contribution in [0.2, 0.25) is 0 Å². The third-order valence-electron chi connectivity index (χ3n) is 2.92. The minimum Gasteiger partial charge on any atom is -0.478 e. The van der Waals surface area contributed by atoms with Gasteiger partial charge in [-0.05, 0) is 27.7 Å². The average Bonchev–Trinajstić information content (AvgIpc) is 2.69. The maximum absolute atomic E-state index is 9.25. The Hall–Kier alpha value is -3.12. The molecule has 8 N–H and O–H groups in total. The first-order chi connectivity index (χ1) is 13.7. The summed E-state index contributed by atoms with van der Waals surface area (Å²) in [5.41, 5.74) is 10.1. The summed E-state index contributed by atoms with van der Waals surface area (Å²) in [7, 11) is 0. The number of carboxylic acid groups (broad SMARTS) is 2. The summed E-state index contributed by atoms with van der Waals surface area (Å²) in [6.45, 7) is 13.3. The topological polar surface area (TPSA) is 217 Å². The van der Waals surface area contributed by atoms with Gasteiger partial charge in [0.15, 0.2) is 0 Å². The van der Waals surface area contributed by atoms with Crippen LogP contribution in [0.4, 0.5) is 0 Å². The number of aliphatic imine (C=N–C) groups is 2. The number of hydrogen-bond acceptors (Lipinski definition) is 8. The fraction of sp³-hybridized carbons (Fsp3) is 0.556. The molecule has 30 heavy (non-hydrogen) atoms. The first-order valence-electron chi connectivity index (χ1n) is 8.69. The lowest BCUT2D eigenvalue weighted by Gasteiger charge is -2.22. The molecule has 0 amide bonds. The van der Waals surface area contributed by atoms with Crippen LogP contribution in [0.15, 0.2) is 45.5 Å². The van der Waals surface area contributed by atoms with Crippen molar-refractivity contribution in [2.75, 3.05) is 26.3 Å². The van der Waals surface area contributed by atoms with Crippen LogP contribution in [0.25, 0.3) is 0 Å². The molecule has 12 nitrogen and oxygen atoms in total. The van der Waals surface area contributed by atoms with E-state index in [9.17, 15) is 9.59 Å². The summed E-state index contributed by atoms with van der Waals surface area (Å²) >= 11 is 0. The number of azo groups is 1. The van der Waals surface area contributed by atoms with E-state index in [2.05, 4.69) is 33.4 Å². The standard InChI is InChI=1S/C12H26N6O2.2C3H4O2/c1-11(2,9(13)15-5-7-19)17-18-12(3,4)10(14)16-6-8-20;2*1-2-3(4)5/h19-20H,5-8H2,1-4H3,(H2,13,15)(H2,14,16);2*2H,1H2,(H,4,5). The fourth-order valence-electron chi connectivity index (χ4n) is 1.08. The molecule has 0 saturated carbocycles. The molecule has 0 aromatic carbocycles. The first-order valence-corrected chi connectivity index (χ1v) is 8.69. The highest BCUT2D eigenvalue weighted by atomic mass is 16.4. The number of carbonyl (C=O) groups is 2. The van der Waals surface area contributed by atoms with Gasteiger partial charge in [0.25, 0.3) is 0 Å². The molecule has 0 heterocycles. The van der Waals surface area contributed by atoms with E-state index < -0.39 is 23.0 Å². The van der Waals surface area contributed by atoms with Crippen molar-refractivity contribution in [2.45, 2.75) is 38.8 Å². The molecular weight excluding hydrogens is 396 g/mol. The Kier molecular flexibility index (Phi) is 17.7. The van der Waals surface area contributed by atoms with E-state index in [0.717, 1.165) is 12.2 Å². The Morgan fingerprint density at radius 1 is 0.800 bits per heavy atom. The van der Waals surface area contributed by atoms with Crippen molar-refractivity contribution in [1.29, 1.82) is 0 Å². The van der Waals surface area contributed by atoms with Crippen LogP contribution in [-0.4, -0.2) is 81.4 Å². The molecule has 0 aliphatic carbocycles. The summed E-state index contributed by atoms with van der Waals surface area (Å²) < 4.78 is 0. The molecular formula is C18H34N6O6. The van der Waals surface area contributed by atoms with Gasteiger partial charge in [-0.1, -0.05) is 13.2 Å². The smallest absolute Gasteiger partial charge is 0.327 e. The summed E-state index contributed by atoms with van der Waals surface area (Å²) in [6.07, 6.45) is 1.67. The predicted octanol–water partition coefficient (Wildman–Crippen LogP) is 0.209. The summed E-state index contributed by atoms with van der Waals surface area (Å²) in [6, 6.07) is 0.